The van der Waals surface area contributed by atoms with E-state index in [0.29, 0.717) is 0 Å². The maximum atomic E-state index is 5.41. The number of nitrogens with zero attached hydrogens (tertiary/aromatic N) is 3. The Hall–Kier alpha value is -1.88. The summed E-state index contributed by atoms with van der Waals surface area (Å²) in [4.78, 5) is 4.49. The van der Waals surface area contributed by atoms with E-state index in [2.05, 4.69) is 26.0 Å². The Morgan fingerprint density at radius 2 is 1.95 bits per heavy atom. The standard InChI is InChI=1S/C15H14BrN3O/c1-9-14(16)10(2)19(18-9)15-12-5-4-6-13(20-3)11(12)7-8-17-15/h4-8H,1-3H3. The lowest BCUT2D eigenvalue weighted by Gasteiger charge is -2.10. The first kappa shape index (κ1) is 13.1. The first-order valence-electron chi connectivity index (χ1n) is 6.27. The lowest BCUT2D eigenvalue weighted by Crippen LogP contribution is -2.03. The molecule has 0 aliphatic heterocycles. The number of benzene rings is 1. The molecule has 0 aliphatic carbocycles. The van der Waals surface area contributed by atoms with Gasteiger partial charge in [0.25, 0.3) is 0 Å². The summed E-state index contributed by atoms with van der Waals surface area (Å²) in [5, 5.41) is 6.60. The SMILES string of the molecule is COc1cccc2c(-n3nc(C)c(Br)c3C)nccc12. The van der Waals surface area contributed by atoms with Crippen LogP contribution in [0.4, 0.5) is 0 Å². The maximum Gasteiger partial charge on any atom is 0.161 e. The van der Waals surface area contributed by atoms with Gasteiger partial charge in [-0.05, 0) is 41.9 Å². The fourth-order valence-corrected chi connectivity index (χ4v) is 2.59. The first-order valence-corrected chi connectivity index (χ1v) is 7.06. The van der Waals surface area contributed by atoms with Crippen LogP contribution in [0.2, 0.25) is 0 Å². The summed E-state index contributed by atoms with van der Waals surface area (Å²) in [7, 11) is 1.68. The van der Waals surface area contributed by atoms with Crippen LogP contribution in [0.5, 0.6) is 5.75 Å². The summed E-state index contributed by atoms with van der Waals surface area (Å²) in [6.45, 7) is 3.99. The quantitative estimate of drug-likeness (QED) is 0.716. The fraction of sp³-hybridized carbons (Fsp3) is 0.200. The predicted octanol–water partition coefficient (Wildman–Crippen LogP) is 3.81. The van der Waals surface area contributed by atoms with Crippen LogP contribution in [0.25, 0.3) is 16.6 Å². The molecule has 0 radical (unpaired) electrons. The molecule has 3 rings (SSSR count). The molecule has 4 nitrogen and oxygen atoms in total. The van der Waals surface area contributed by atoms with Crippen molar-refractivity contribution < 1.29 is 4.74 Å². The number of hydrogen-bond acceptors (Lipinski definition) is 3. The molecule has 3 aromatic rings. The summed E-state index contributed by atoms with van der Waals surface area (Å²) in [5.74, 6) is 1.65. The number of rotatable bonds is 2. The molecule has 1 aromatic carbocycles. The highest BCUT2D eigenvalue weighted by Crippen LogP contribution is 2.30. The van der Waals surface area contributed by atoms with Gasteiger partial charge < -0.3 is 4.74 Å². The monoisotopic (exact) mass is 331 g/mol. The van der Waals surface area contributed by atoms with Gasteiger partial charge in [0.2, 0.25) is 0 Å². The van der Waals surface area contributed by atoms with Crippen molar-refractivity contribution in [3.63, 3.8) is 0 Å². The molecule has 0 atom stereocenters. The van der Waals surface area contributed by atoms with E-state index in [0.717, 1.165) is 38.2 Å². The van der Waals surface area contributed by atoms with E-state index in [4.69, 9.17) is 4.74 Å². The zero-order valence-corrected chi connectivity index (χ0v) is 13.1. The Morgan fingerprint density at radius 1 is 1.15 bits per heavy atom. The maximum absolute atomic E-state index is 5.41. The summed E-state index contributed by atoms with van der Waals surface area (Å²) in [6, 6.07) is 7.90. The second-order valence-corrected chi connectivity index (χ2v) is 5.38. The van der Waals surface area contributed by atoms with E-state index in [1.165, 1.54) is 0 Å². The molecule has 0 spiro atoms. The van der Waals surface area contributed by atoms with Gasteiger partial charge in [-0.1, -0.05) is 12.1 Å². The van der Waals surface area contributed by atoms with Gasteiger partial charge in [0.15, 0.2) is 5.82 Å². The molecule has 0 amide bonds. The highest BCUT2D eigenvalue weighted by Gasteiger charge is 2.14. The molecule has 0 aliphatic rings. The van der Waals surface area contributed by atoms with E-state index < -0.39 is 0 Å². The predicted molar refractivity (Wildman–Crippen MR) is 82.6 cm³/mol. The fourth-order valence-electron chi connectivity index (χ4n) is 2.34. The van der Waals surface area contributed by atoms with E-state index in [9.17, 15) is 0 Å². The number of ether oxygens (including phenoxy) is 1. The lowest BCUT2D eigenvalue weighted by atomic mass is 10.1. The molecular formula is C15H14BrN3O. The van der Waals surface area contributed by atoms with Crippen LogP contribution in [0.3, 0.4) is 0 Å². The molecule has 0 saturated heterocycles. The highest BCUT2D eigenvalue weighted by atomic mass is 79.9. The molecule has 2 aromatic heterocycles. The summed E-state index contributed by atoms with van der Waals surface area (Å²) in [5.41, 5.74) is 1.98. The van der Waals surface area contributed by atoms with Crippen molar-refractivity contribution in [3.05, 3.63) is 46.3 Å². The number of pyridine rings is 1. The van der Waals surface area contributed by atoms with Gasteiger partial charge in [0.05, 0.1) is 23.0 Å². The topological polar surface area (TPSA) is 39.9 Å². The van der Waals surface area contributed by atoms with Crippen molar-refractivity contribution >= 4 is 26.7 Å². The smallest absolute Gasteiger partial charge is 0.161 e. The van der Waals surface area contributed by atoms with E-state index in [1.807, 2.05) is 42.8 Å². The minimum absolute atomic E-state index is 0.813. The molecule has 102 valence electrons. The van der Waals surface area contributed by atoms with Crippen LogP contribution in [0.1, 0.15) is 11.4 Å². The van der Waals surface area contributed by atoms with Gasteiger partial charge in [0.1, 0.15) is 5.75 Å². The Bertz CT molecular complexity index is 795. The number of methoxy groups -OCH3 is 1. The van der Waals surface area contributed by atoms with Gasteiger partial charge in [0, 0.05) is 17.0 Å². The summed E-state index contributed by atoms with van der Waals surface area (Å²) >= 11 is 3.55. The number of hydrogen-bond donors (Lipinski definition) is 0. The second-order valence-electron chi connectivity index (χ2n) is 4.59. The first-order chi connectivity index (χ1) is 9.63. The van der Waals surface area contributed by atoms with Crippen molar-refractivity contribution in [2.75, 3.05) is 7.11 Å². The zero-order chi connectivity index (χ0) is 14.3. The van der Waals surface area contributed by atoms with Gasteiger partial charge in [-0.15, -0.1) is 0 Å². The van der Waals surface area contributed by atoms with Crippen molar-refractivity contribution in [1.29, 1.82) is 0 Å². The van der Waals surface area contributed by atoms with E-state index >= 15 is 0 Å². The Morgan fingerprint density at radius 3 is 2.60 bits per heavy atom. The van der Waals surface area contributed by atoms with Gasteiger partial charge >= 0.3 is 0 Å². The van der Waals surface area contributed by atoms with Crippen molar-refractivity contribution in [2.45, 2.75) is 13.8 Å². The molecule has 2 heterocycles. The third-order valence-corrected chi connectivity index (χ3v) is 4.52. The molecule has 5 heteroatoms. The highest BCUT2D eigenvalue weighted by molar-refractivity contribution is 9.10. The second kappa shape index (κ2) is 4.90. The van der Waals surface area contributed by atoms with Gasteiger partial charge in [-0.25, -0.2) is 9.67 Å². The third-order valence-electron chi connectivity index (χ3n) is 3.37. The van der Waals surface area contributed by atoms with Crippen LogP contribution in [0, 0.1) is 13.8 Å². The molecule has 0 bridgehead atoms. The largest absolute Gasteiger partial charge is 0.496 e. The van der Waals surface area contributed by atoms with Crippen molar-refractivity contribution in [3.8, 4) is 11.6 Å². The Balaban J connectivity index is 2.34. The van der Waals surface area contributed by atoms with Crippen molar-refractivity contribution in [1.82, 2.24) is 14.8 Å². The molecule has 0 unspecified atom stereocenters. The Labute approximate surface area is 125 Å². The molecule has 0 saturated carbocycles. The summed E-state index contributed by atoms with van der Waals surface area (Å²) < 4.78 is 8.29. The Kier molecular flexibility index (Phi) is 3.22. The minimum Gasteiger partial charge on any atom is -0.496 e. The average Bonchev–Trinajstić information content (AvgIpc) is 2.73. The molecule has 0 N–H and O–H groups in total. The normalized spacial score (nSPS) is 11.0. The van der Waals surface area contributed by atoms with Crippen molar-refractivity contribution in [2.24, 2.45) is 0 Å². The van der Waals surface area contributed by atoms with Gasteiger partial charge in [-0.3, -0.25) is 0 Å². The van der Waals surface area contributed by atoms with Crippen LogP contribution < -0.4 is 4.74 Å². The number of aryl methyl sites for hydroxylation is 1. The van der Waals surface area contributed by atoms with E-state index in [-0.39, 0.29) is 0 Å². The zero-order valence-electron chi connectivity index (χ0n) is 11.5. The third kappa shape index (κ3) is 1.89. The lowest BCUT2D eigenvalue weighted by molar-refractivity contribution is 0.420. The molecule has 20 heavy (non-hydrogen) atoms. The number of halogens is 1. The van der Waals surface area contributed by atoms with Crippen LogP contribution in [0.15, 0.2) is 34.9 Å². The van der Waals surface area contributed by atoms with E-state index in [1.54, 1.807) is 13.3 Å². The minimum atomic E-state index is 0.813. The number of fused-ring (bicyclic) bond motifs is 1. The van der Waals surface area contributed by atoms with Crippen LogP contribution in [-0.4, -0.2) is 21.9 Å². The summed E-state index contributed by atoms with van der Waals surface area (Å²) in [6.07, 6.45) is 1.78. The van der Waals surface area contributed by atoms with Gasteiger partial charge in [-0.2, -0.15) is 5.10 Å². The van der Waals surface area contributed by atoms with Crippen LogP contribution in [-0.2, 0) is 0 Å². The average molecular weight is 332 g/mol. The van der Waals surface area contributed by atoms with Crippen LogP contribution >= 0.6 is 15.9 Å². The number of aromatic nitrogens is 3. The molecular weight excluding hydrogens is 318 g/mol. The molecule has 0 fully saturated rings.